The van der Waals surface area contributed by atoms with Crippen LogP contribution in [0, 0.1) is 0 Å². The Hall–Kier alpha value is -1.55. The summed E-state index contributed by atoms with van der Waals surface area (Å²) >= 11 is 0. The van der Waals surface area contributed by atoms with E-state index in [0.29, 0.717) is 12.5 Å². The lowest BCUT2D eigenvalue weighted by Crippen LogP contribution is -2.44. The third-order valence-corrected chi connectivity index (χ3v) is 3.17. The van der Waals surface area contributed by atoms with E-state index in [2.05, 4.69) is 17.2 Å². The van der Waals surface area contributed by atoms with Crippen molar-refractivity contribution in [3.8, 4) is 0 Å². The van der Waals surface area contributed by atoms with Gasteiger partial charge in [-0.15, -0.1) is 0 Å². The molecule has 1 aliphatic heterocycles. The number of aliphatic imine (C=N–C) groups is 1. The molecule has 1 fully saturated rings. The van der Waals surface area contributed by atoms with Crippen LogP contribution >= 0.6 is 0 Å². The molecule has 0 aliphatic carbocycles. The maximum absolute atomic E-state index is 5.87. The van der Waals surface area contributed by atoms with Gasteiger partial charge in [-0.25, -0.2) is 4.99 Å². The number of hydrogen-bond acceptors (Lipinski definition) is 2. The molecule has 0 radical (unpaired) electrons. The number of benzene rings is 1. The lowest BCUT2D eigenvalue weighted by Gasteiger charge is -2.20. The number of nitrogens with two attached hydrogens (primary N) is 1. The van der Waals surface area contributed by atoms with Gasteiger partial charge in [-0.2, -0.15) is 0 Å². The Morgan fingerprint density at radius 1 is 1.50 bits per heavy atom. The van der Waals surface area contributed by atoms with Crippen LogP contribution in [-0.4, -0.2) is 24.7 Å². The largest absolute Gasteiger partial charge is 0.376 e. The van der Waals surface area contributed by atoms with Crippen LogP contribution in [0.4, 0.5) is 0 Å². The smallest absolute Gasteiger partial charge is 0.189 e. The highest BCUT2D eigenvalue weighted by Crippen LogP contribution is 2.15. The summed E-state index contributed by atoms with van der Waals surface area (Å²) in [5.74, 6) is 0.488. The number of guanidine groups is 1. The normalized spacial score (nSPS) is 21.8. The number of nitrogens with zero attached hydrogens (tertiary/aromatic N) is 1. The van der Waals surface area contributed by atoms with E-state index in [1.54, 1.807) is 0 Å². The predicted molar refractivity (Wildman–Crippen MR) is 73.3 cm³/mol. The molecule has 1 heterocycles. The van der Waals surface area contributed by atoms with Gasteiger partial charge in [-0.05, 0) is 25.3 Å². The van der Waals surface area contributed by atoms with Crippen molar-refractivity contribution in [2.24, 2.45) is 10.7 Å². The molecule has 1 aromatic rings. The topological polar surface area (TPSA) is 59.6 Å². The van der Waals surface area contributed by atoms with Crippen LogP contribution in [0.5, 0.6) is 0 Å². The fraction of sp³-hybridized carbons (Fsp3) is 0.500. The van der Waals surface area contributed by atoms with Crippen molar-refractivity contribution in [3.63, 3.8) is 0 Å². The van der Waals surface area contributed by atoms with Crippen molar-refractivity contribution in [1.29, 1.82) is 0 Å². The lowest BCUT2D eigenvalue weighted by atomic mass is 10.1. The Labute approximate surface area is 108 Å². The van der Waals surface area contributed by atoms with Crippen LogP contribution in [0.1, 0.15) is 25.3 Å². The number of ether oxygens (including phenoxy) is 1. The summed E-state index contributed by atoms with van der Waals surface area (Å²) in [6.45, 7) is 3.55. The Morgan fingerprint density at radius 2 is 2.28 bits per heavy atom. The van der Waals surface area contributed by atoms with Gasteiger partial charge in [-0.1, -0.05) is 30.3 Å². The molecule has 1 aliphatic rings. The molecule has 0 bridgehead atoms. The minimum absolute atomic E-state index is 0.215. The summed E-state index contributed by atoms with van der Waals surface area (Å²) < 4.78 is 5.61. The summed E-state index contributed by atoms with van der Waals surface area (Å²) in [5.41, 5.74) is 7.03. The van der Waals surface area contributed by atoms with Crippen molar-refractivity contribution >= 4 is 5.96 Å². The average molecular weight is 247 g/mol. The second-order valence-corrected chi connectivity index (χ2v) is 4.67. The fourth-order valence-electron chi connectivity index (χ4n) is 2.13. The molecule has 1 aromatic carbocycles. The zero-order valence-corrected chi connectivity index (χ0v) is 10.8. The van der Waals surface area contributed by atoms with Crippen LogP contribution in [0.3, 0.4) is 0 Å². The molecule has 18 heavy (non-hydrogen) atoms. The monoisotopic (exact) mass is 247 g/mol. The maximum atomic E-state index is 5.87. The lowest BCUT2D eigenvalue weighted by molar-refractivity contribution is 0.0892. The minimum Gasteiger partial charge on any atom is -0.376 e. The Bertz CT molecular complexity index is 385. The third kappa shape index (κ3) is 3.74. The van der Waals surface area contributed by atoms with Crippen molar-refractivity contribution in [3.05, 3.63) is 35.9 Å². The molecule has 1 saturated heterocycles. The van der Waals surface area contributed by atoms with Crippen molar-refractivity contribution in [1.82, 2.24) is 5.32 Å². The van der Waals surface area contributed by atoms with E-state index in [1.807, 2.05) is 30.3 Å². The van der Waals surface area contributed by atoms with Gasteiger partial charge in [0.25, 0.3) is 0 Å². The minimum atomic E-state index is 0.215. The highest BCUT2D eigenvalue weighted by Gasteiger charge is 2.22. The highest BCUT2D eigenvalue weighted by molar-refractivity contribution is 5.78. The van der Waals surface area contributed by atoms with Gasteiger partial charge in [0.15, 0.2) is 5.96 Å². The first-order valence-electron chi connectivity index (χ1n) is 6.47. The Morgan fingerprint density at radius 3 is 2.94 bits per heavy atom. The number of hydrogen-bond donors (Lipinski definition) is 2. The maximum Gasteiger partial charge on any atom is 0.189 e. The number of nitrogens with one attached hydrogen (secondary N) is 1. The molecule has 2 atom stereocenters. The molecule has 0 amide bonds. The molecule has 2 unspecified atom stereocenters. The van der Waals surface area contributed by atoms with E-state index < -0.39 is 0 Å². The molecule has 2 rings (SSSR count). The molecule has 0 spiro atoms. The highest BCUT2D eigenvalue weighted by atomic mass is 16.5. The summed E-state index contributed by atoms with van der Waals surface area (Å²) in [4.78, 5) is 4.33. The van der Waals surface area contributed by atoms with Gasteiger partial charge in [0.1, 0.15) is 0 Å². The van der Waals surface area contributed by atoms with E-state index in [1.165, 1.54) is 0 Å². The fourth-order valence-corrected chi connectivity index (χ4v) is 2.13. The van der Waals surface area contributed by atoms with Gasteiger partial charge in [-0.3, -0.25) is 0 Å². The Balaban J connectivity index is 1.81. The molecular formula is C14H21N3O. The molecule has 4 nitrogen and oxygen atoms in total. The van der Waals surface area contributed by atoms with E-state index >= 15 is 0 Å². The van der Waals surface area contributed by atoms with Crippen LogP contribution in [0.2, 0.25) is 0 Å². The summed E-state index contributed by atoms with van der Waals surface area (Å²) in [6.07, 6.45) is 2.49. The van der Waals surface area contributed by atoms with Crippen molar-refractivity contribution in [2.45, 2.75) is 38.5 Å². The second kappa shape index (κ2) is 6.40. The first kappa shape index (κ1) is 12.9. The predicted octanol–water partition coefficient (Wildman–Crippen LogP) is 1.66. The van der Waals surface area contributed by atoms with Crippen LogP contribution in [0.25, 0.3) is 0 Å². The van der Waals surface area contributed by atoms with E-state index in [9.17, 15) is 0 Å². The van der Waals surface area contributed by atoms with E-state index in [0.717, 1.165) is 25.0 Å². The standard InChI is InChI=1S/C14H21N3O/c1-11(13-8-5-9-18-13)17-14(15)16-10-12-6-3-2-4-7-12/h2-4,6-7,11,13H,5,8-10H2,1H3,(H3,15,16,17). The first-order chi connectivity index (χ1) is 8.75. The summed E-state index contributed by atoms with van der Waals surface area (Å²) in [7, 11) is 0. The quantitative estimate of drug-likeness (QED) is 0.628. The van der Waals surface area contributed by atoms with E-state index in [4.69, 9.17) is 10.5 Å². The zero-order chi connectivity index (χ0) is 12.8. The zero-order valence-electron chi connectivity index (χ0n) is 10.8. The van der Waals surface area contributed by atoms with Gasteiger partial charge in [0.05, 0.1) is 18.7 Å². The molecular weight excluding hydrogens is 226 g/mol. The summed E-state index contributed by atoms with van der Waals surface area (Å²) in [6, 6.07) is 10.3. The van der Waals surface area contributed by atoms with Crippen LogP contribution < -0.4 is 11.1 Å². The van der Waals surface area contributed by atoms with Gasteiger partial charge < -0.3 is 15.8 Å². The molecule has 0 saturated carbocycles. The van der Waals surface area contributed by atoms with Gasteiger partial charge in [0.2, 0.25) is 0 Å². The third-order valence-electron chi connectivity index (χ3n) is 3.17. The van der Waals surface area contributed by atoms with Gasteiger partial charge >= 0.3 is 0 Å². The number of rotatable bonds is 4. The summed E-state index contributed by atoms with van der Waals surface area (Å²) in [5, 5.41) is 3.19. The van der Waals surface area contributed by atoms with Crippen LogP contribution in [0.15, 0.2) is 35.3 Å². The van der Waals surface area contributed by atoms with Crippen molar-refractivity contribution in [2.75, 3.05) is 6.61 Å². The second-order valence-electron chi connectivity index (χ2n) is 4.67. The SMILES string of the molecule is CC(NC(N)=NCc1ccccc1)C1CCCO1. The van der Waals surface area contributed by atoms with Crippen molar-refractivity contribution < 1.29 is 4.74 Å². The molecule has 3 N–H and O–H groups in total. The van der Waals surface area contributed by atoms with Gasteiger partial charge in [0, 0.05) is 6.61 Å². The molecule has 4 heteroatoms. The molecule has 0 aromatic heterocycles. The average Bonchev–Trinajstić information content (AvgIpc) is 2.91. The van der Waals surface area contributed by atoms with Crippen LogP contribution in [-0.2, 0) is 11.3 Å². The Kier molecular flexibility index (Phi) is 4.59. The van der Waals surface area contributed by atoms with E-state index in [-0.39, 0.29) is 12.1 Å². The first-order valence-corrected chi connectivity index (χ1v) is 6.47. The molecule has 98 valence electrons.